The third-order valence-electron chi connectivity index (χ3n) is 9.48. The number of ether oxygens (including phenoxy) is 2. The summed E-state index contributed by atoms with van der Waals surface area (Å²) in [6, 6.07) is 12.3. The number of hydrogen-bond acceptors (Lipinski definition) is 6. The Balaban J connectivity index is 1.24. The average molecular weight is 606 g/mol. The topological polar surface area (TPSA) is 94.7 Å². The third-order valence-corrected chi connectivity index (χ3v) is 9.48. The van der Waals surface area contributed by atoms with Crippen molar-refractivity contribution in [3.63, 3.8) is 0 Å². The molecule has 2 fully saturated rings. The molecule has 1 N–H and O–H groups in total. The van der Waals surface area contributed by atoms with Gasteiger partial charge in [-0.25, -0.2) is 9.59 Å². The molecule has 44 heavy (non-hydrogen) atoms. The lowest BCUT2D eigenvalue weighted by atomic mass is 9.99. The largest absolute Gasteiger partial charge is 0.496 e. The number of nitrogens with one attached hydrogen (secondary N) is 1. The molecule has 2 aromatic rings. The Morgan fingerprint density at radius 3 is 2.23 bits per heavy atom. The van der Waals surface area contributed by atoms with Gasteiger partial charge in [-0.15, -0.1) is 0 Å². The highest BCUT2D eigenvalue weighted by Gasteiger charge is 2.35. The molecule has 10 nitrogen and oxygen atoms in total. The van der Waals surface area contributed by atoms with Crippen molar-refractivity contribution in [2.45, 2.75) is 70.6 Å². The van der Waals surface area contributed by atoms with E-state index in [-0.39, 0.29) is 18.0 Å². The first kappa shape index (κ1) is 31.6. The molecule has 0 aliphatic carbocycles. The Bertz CT molecular complexity index is 1320. The van der Waals surface area contributed by atoms with Crippen molar-refractivity contribution < 1.29 is 23.9 Å². The van der Waals surface area contributed by atoms with Crippen LogP contribution in [0.1, 0.15) is 47.9 Å². The average Bonchev–Trinajstić information content (AvgIpc) is 3.18. The summed E-state index contributed by atoms with van der Waals surface area (Å²) >= 11 is 0. The highest BCUT2D eigenvalue weighted by molar-refractivity contribution is 5.91. The molecular weight excluding hydrogens is 558 g/mol. The summed E-state index contributed by atoms with van der Waals surface area (Å²) in [6.07, 6.45) is 2.80. The summed E-state index contributed by atoms with van der Waals surface area (Å²) in [7, 11) is 5.80. The van der Waals surface area contributed by atoms with Gasteiger partial charge in [-0.3, -0.25) is 4.79 Å². The zero-order valence-electron chi connectivity index (χ0n) is 26.8. The van der Waals surface area contributed by atoms with E-state index in [1.54, 1.807) is 12.0 Å². The molecule has 3 aliphatic rings. The molecule has 0 unspecified atom stereocenters. The number of piperidine rings is 2. The van der Waals surface area contributed by atoms with Gasteiger partial charge in [-0.1, -0.05) is 30.3 Å². The zero-order chi connectivity index (χ0) is 31.4. The van der Waals surface area contributed by atoms with Gasteiger partial charge in [0.2, 0.25) is 0 Å². The normalized spacial score (nSPS) is 18.9. The maximum absolute atomic E-state index is 13.9. The number of urea groups is 1. The minimum Gasteiger partial charge on any atom is -0.496 e. The fourth-order valence-electron chi connectivity index (χ4n) is 6.97. The Hall–Kier alpha value is -3.79. The molecule has 3 aliphatic heterocycles. The smallest absolute Gasteiger partial charge is 0.410 e. The number of hydrogen-bond donors (Lipinski definition) is 1. The lowest BCUT2D eigenvalue weighted by Crippen LogP contribution is -2.52. The van der Waals surface area contributed by atoms with Gasteiger partial charge in [-0.2, -0.15) is 0 Å². The summed E-state index contributed by atoms with van der Waals surface area (Å²) in [5, 5.41) is 3.05. The Kier molecular flexibility index (Phi) is 9.98. The van der Waals surface area contributed by atoms with Gasteiger partial charge in [0, 0.05) is 56.9 Å². The second-order valence-electron chi connectivity index (χ2n) is 12.6. The predicted molar refractivity (Wildman–Crippen MR) is 170 cm³/mol. The van der Waals surface area contributed by atoms with E-state index in [1.165, 1.54) is 0 Å². The van der Waals surface area contributed by atoms with Crippen LogP contribution < -0.4 is 10.1 Å². The van der Waals surface area contributed by atoms with Crippen molar-refractivity contribution in [1.29, 1.82) is 0 Å². The second kappa shape index (κ2) is 13.9. The van der Waals surface area contributed by atoms with Crippen LogP contribution in [0.5, 0.6) is 5.75 Å². The maximum Gasteiger partial charge on any atom is 0.410 e. The van der Waals surface area contributed by atoms with Crippen LogP contribution in [0.2, 0.25) is 0 Å². The highest BCUT2D eigenvalue weighted by Crippen LogP contribution is 2.28. The number of para-hydroxylation sites is 1. The lowest BCUT2D eigenvalue weighted by molar-refractivity contribution is -0.142. The number of benzene rings is 2. The Morgan fingerprint density at radius 2 is 1.59 bits per heavy atom. The van der Waals surface area contributed by atoms with E-state index in [4.69, 9.17) is 9.47 Å². The summed E-state index contributed by atoms with van der Waals surface area (Å²) in [4.78, 5) is 48.1. The van der Waals surface area contributed by atoms with Crippen LogP contribution in [0, 0.1) is 13.8 Å². The first-order chi connectivity index (χ1) is 21.1. The molecule has 0 aromatic heterocycles. The van der Waals surface area contributed by atoms with Crippen LogP contribution in [0.3, 0.4) is 0 Å². The SMILES string of the molecule is COc1c(C)cc(C[C@@H](OC(=O)N2CCC(N3CCc4ccccc4NC3=O)CC2)C(=O)N2CCC(N(C)C)CC2)cc1C. The van der Waals surface area contributed by atoms with Gasteiger partial charge in [-0.05, 0) is 88.4 Å². The number of anilines is 1. The van der Waals surface area contributed by atoms with E-state index in [0.29, 0.717) is 58.0 Å². The number of fused-ring (bicyclic) bond motifs is 1. The lowest BCUT2D eigenvalue weighted by Gasteiger charge is -2.39. The van der Waals surface area contributed by atoms with Crippen molar-refractivity contribution in [1.82, 2.24) is 19.6 Å². The van der Waals surface area contributed by atoms with E-state index in [2.05, 4.69) is 30.4 Å². The summed E-state index contributed by atoms with van der Waals surface area (Å²) in [5.41, 5.74) is 4.89. The number of carbonyl (C=O) groups excluding carboxylic acids is 3. The Morgan fingerprint density at radius 1 is 0.955 bits per heavy atom. The van der Waals surface area contributed by atoms with E-state index in [0.717, 1.165) is 53.0 Å². The first-order valence-electron chi connectivity index (χ1n) is 15.8. The molecular formula is C34H47N5O5. The number of likely N-dealkylation sites (tertiary alicyclic amines) is 2. The van der Waals surface area contributed by atoms with E-state index in [9.17, 15) is 14.4 Å². The van der Waals surface area contributed by atoms with Crippen molar-refractivity contribution >= 4 is 23.7 Å². The van der Waals surface area contributed by atoms with Gasteiger partial charge in [0.15, 0.2) is 6.10 Å². The molecule has 1 atom stereocenters. The van der Waals surface area contributed by atoms with Crippen LogP contribution in [0.4, 0.5) is 15.3 Å². The number of aryl methyl sites for hydroxylation is 2. The van der Waals surface area contributed by atoms with Crippen molar-refractivity contribution in [2.24, 2.45) is 0 Å². The molecule has 0 bridgehead atoms. The molecule has 3 heterocycles. The quantitative estimate of drug-likeness (QED) is 0.501. The monoisotopic (exact) mass is 605 g/mol. The molecule has 5 rings (SSSR count). The number of amides is 4. The first-order valence-corrected chi connectivity index (χ1v) is 15.8. The van der Waals surface area contributed by atoms with E-state index >= 15 is 0 Å². The van der Waals surface area contributed by atoms with Crippen molar-refractivity contribution in [2.75, 3.05) is 59.2 Å². The highest BCUT2D eigenvalue weighted by atomic mass is 16.6. The molecule has 2 aromatic carbocycles. The predicted octanol–water partition coefficient (Wildman–Crippen LogP) is 4.47. The fourth-order valence-corrected chi connectivity index (χ4v) is 6.97. The fraction of sp³-hybridized carbons (Fsp3) is 0.559. The number of carbonyl (C=O) groups is 3. The summed E-state index contributed by atoms with van der Waals surface area (Å²) < 4.78 is 11.6. The van der Waals surface area contributed by atoms with Gasteiger partial charge < -0.3 is 34.4 Å². The van der Waals surface area contributed by atoms with Crippen LogP contribution in [-0.4, -0.2) is 110 Å². The summed E-state index contributed by atoms with van der Waals surface area (Å²) in [6.45, 7) is 6.83. The van der Waals surface area contributed by atoms with Gasteiger partial charge in [0.25, 0.3) is 5.91 Å². The van der Waals surface area contributed by atoms with Crippen LogP contribution >= 0.6 is 0 Å². The van der Waals surface area contributed by atoms with Gasteiger partial charge in [0.1, 0.15) is 5.75 Å². The molecule has 2 saturated heterocycles. The standard InChI is InChI=1S/C34H47N5O5/c1-23-20-25(21-24(2)31(23)43-5)22-30(32(40)37-15-11-27(12-16-37)36(3)4)44-34(42)38-17-13-28(14-18-38)39-19-10-26-8-6-7-9-29(26)35-33(39)41/h6-9,20-21,27-28,30H,10-19,22H2,1-5H3,(H,35,41)/t30-/m1/s1. The minimum absolute atomic E-state index is 0.0361. The minimum atomic E-state index is -0.918. The molecule has 238 valence electrons. The second-order valence-corrected chi connectivity index (χ2v) is 12.6. The number of rotatable bonds is 7. The zero-order valence-corrected chi connectivity index (χ0v) is 26.8. The van der Waals surface area contributed by atoms with Crippen molar-refractivity contribution in [3.05, 3.63) is 58.7 Å². The van der Waals surface area contributed by atoms with E-state index < -0.39 is 12.2 Å². The molecule has 0 radical (unpaired) electrons. The molecule has 0 spiro atoms. The van der Waals surface area contributed by atoms with Crippen LogP contribution in [-0.2, 0) is 22.4 Å². The van der Waals surface area contributed by atoms with Crippen LogP contribution in [0.15, 0.2) is 36.4 Å². The van der Waals surface area contributed by atoms with Crippen molar-refractivity contribution in [3.8, 4) is 5.75 Å². The molecule has 4 amide bonds. The number of methoxy groups -OCH3 is 1. The van der Waals surface area contributed by atoms with Gasteiger partial charge in [0.05, 0.1) is 7.11 Å². The number of nitrogens with zero attached hydrogens (tertiary/aromatic N) is 4. The van der Waals surface area contributed by atoms with E-state index in [1.807, 2.05) is 54.0 Å². The van der Waals surface area contributed by atoms with Gasteiger partial charge >= 0.3 is 12.1 Å². The maximum atomic E-state index is 13.9. The molecule has 10 heteroatoms. The van der Waals surface area contributed by atoms with Crippen LogP contribution in [0.25, 0.3) is 0 Å². The summed E-state index contributed by atoms with van der Waals surface area (Å²) in [5.74, 6) is 0.682. The third kappa shape index (κ3) is 7.12. The molecule has 0 saturated carbocycles. The Labute approximate surface area is 261 Å².